The summed E-state index contributed by atoms with van der Waals surface area (Å²) in [6.45, 7) is 8.60. The van der Waals surface area contributed by atoms with Crippen LogP contribution in [0.4, 0.5) is 0 Å². The van der Waals surface area contributed by atoms with Crippen LogP contribution in [0.2, 0.25) is 0 Å². The normalized spacial score (nSPS) is 10.9. The molecule has 0 amide bonds. The van der Waals surface area contributed by atoms with Crippen LogP contribution in [0.5, 0.6) is 0 Å². The molecule has 170 valence electrons. The quantitative estimate of drug-likeness (QED) is 0.104. The first-order valence-electron chi connectivity index (χ1n) is 12.4. The fourth-order valence-electron chi connectivity index (χ4n) is 3.69. The molecular weight excluding hydrogens is 370 g/mol. The summed E-state index contributed by atoms with van der Waals surface area (Å²) in [4.78, 5) is 11.4. The minimum Gasteiger partial charge on any atom is -0.456 e. The molecule has 0 saturated carbocycles. The van der Waals surface area contributed by atoms with E-state index in [-0.39, 0.29) is 5.97 Å². The molecule has 0 fully saturated rings. The molecule has 0 aliphatic carbocycles. The van der Waals surface area contributed by atoms with Crippen LogP contribution in [0.1, 0.15) is 109 Å². The van der Waals surface area contributed by atoms with Crippen LogP contribution in [0.3, 0.4) is 0 Å². The van der Waals surface area contributed by atoms with E-state index in [2.05, 4.69) is 42.6 Å². The number of esters is 1. The molecule has 1 rings (SSSR count). The molecule has 0 N–H and O–H groups in total. The number of nitrogens with zero attached hydrogens (tertiary/aromatic N) is 1. The number of ether oxygens (including phenoxy) is 1. The highest BCUT2D eigenvalue weighted by Gasteiger charge is 2.06. The third-order valence-electron chi connectivity index (χ3n) is 5.71. The lowest BCUT2D eigenvalue weighted by atomic mass is 10.0. The Hall–Kier alpha value is -1.64. The van der Waals surface area contributed by atoms with Crippen LogP contribution in [0.15, 0.2) is 36.7 Å². The standard InChI is InChI=1S/C27H46NO2/c1-4-5-6-7-8-9-10-11-12-13-14-15-16-17-18-26-19-21-28(22-20-26)23-24-30-27(29)25(2)3/h19-22H,2,4-18,23-24H2,1,3H3/q+1. The lowest BCUT2D eigenvalue weighted by molar-refractivity contribution is -0.698. The second kappa shape index (κ2) is 18.2. The van der Waals surface area contributed by atoms with Gasteiger partial charge in [-0.1, -0.05) is 97.0 Å². The third kappa shape index (κ3) is 14.4. The fourth-order valence-corrected chi connectivity index (χ4v) is 3.69. The van der Waals surface area contributed by atoms with Crippen LogP contribution in [-0.4, -0.2) is 12.6 Å². The van der Waals surface area contributed by atoms with Gasteiger partial charge in [-0.2, -0.15) is 0 Å². The van der Waals surface area contributed by atoms with Crippen molar-refractivity contribution in [3.05, 3.63) is 42.2 Å². The molecule has 0 saturated heterocycles. The van der Waals surface area contributed by atoms with Crippen molar-refractivity contribution in [2.45, 2.75) is 117 Å². The molecule has 0 radical (unpaired) electrons. The van der Waals surface area contributed by atoms with Crippen molar-refractivity contribution in [3.63, 3.8) is 0 Å². The zero-order valence-corrected chi connectivity index (χ0v) is 19.8. The molecule has 0 aliphatic rings. The molecular formula is C27H46NO2+. The predicted molar refractivity (Wildman–Crippen MR) is 126 cm³/mol. The summed E-state index contributed by atoms with van der Waals surface area (Å²) in [5, 5.41) is 0. The number of hydrogen-bond acceptors (Lipinski definition) is 2. The van der Waals surface area contributed by atoms with Crippen LogP contribution >= 0.6 is 0 Å². The van der Waals surface area contributed by atoms with Gasteiger partial charge in [0.25, 0.3) is 0 Å². The SMILES string of the molecule is C=C(C)C(=O)OCC[n+]1ccc(CCCCCCCCCCCCCCCC)cc1. The van der Waals surface area contributed by atoms with Gasteiger partial charge in [0.2, 0.25) is 0 Å². The molecule has 1 aromatic heterocycles. The first-order chi connectivity index (χ1) is 14.6. The summed E-state index contributed by atoms with van der Waals surface area (Å²) >= 11 is 0. The molecule has 0 bridgehead atoms. The van der Waals surface area contributed by atoms with Gasteiger partial charge in [-0.3, -0.25) is 0 Å². The molecule has 3 nitrogen and oxygen atoms in total. The van der Waals surface area contributed by atoms with Crippen molar-refractivity contribution >= 4 is 5.97 Å². The summed E-state index contributed by atoms with van der Waals surface area (Å²) in [6, 6.07) is 4.37. The number of carbonyl (C=O) groups excluding carboxylic acids is 1. The van der Waals surface area contributed by atoms with Gasteiger partial charge < -0.3 is 4.74 Å². The molecule has 0 atom stereocenters. The molecule has 1 heterocycles. The van der Waals surface area contributed by atoms with E-state index in [1.807, 2.05) is 0 Å². The van der Waals surface area contributed by atoms with Crippen molar-refractivity contribution in [3.8, 4) is 0 Å². The predicted octanol–water partition coefficient (Wildman–Crippen LogP) is 7.12. The van der Waals surface area contributed by atoms with Crippen LogP contribution in [0, 0.1) is 0 Å². The van der Waals surface area contributed by atoms with Gasteiger partial charge in [-0.25, -0.2) is 9.36 Å². The van der Waals surface area contributed by atoms with Gasteiger partial charge in [-0.05, 0) is 25.3 Å². The Morgan fingerprint density at radius 1 is 0.833 bits per heavy atom. The Morgan fingerprint density at radius 3 is 1.77 bits per heavy atom. The Balaban J connectivity index is 1.93. The minimum absolute atomic E-state index is 0.315. The summed E-state index contributed by atoms with van der Waals surface area (Å²) < 4.78 is 7.19. The van der Waals surface area contributed by atoms with Crippen LogP contribution in [0.25, 0.3) is 0 Å². The number of pyridine rings is 1. The monoisotopic (exact) mass is 416 g/mol. The number of aryl methyl sites for hydroxylation is 1. The Labute approximate surface area is 185 Å². The Bertz CT molecular complexity index is 565. The summed E-state index contributed by atoms with van der Waals surface area (Å²) in [5.74, 6) is -0.315. The molecule has 0 aliphatic heterocycles. The first kappa shape index (κ1) is 26.4. The van der Waals surface area contributed by atoms with Crippen LogP contribution in [-0.2, 0) is 22.5 Å². The van der Waals surface area contributed by atoms with Crippen molar-refractivity contribution in [2.75, 3.05) is 6.61 Å². The zero-order chi connectivity index (χ0) is 21.9. The highest BCUT2D eigenvalue weighted by Crippen LogP contribution is 2.13. The van der Waals surface area contributed by atoms with E-state index in [0.29, 0.717) is 18.7 Å². The highest BCUT2D eigenvalue weighted by atomic mass is 16.5. The lowest BCUT2D eigenvalue weighted by Crippen LogP contribution is -2.35. The minimum atomic E-state index is -0.315. The number of unbranched alkanes of at least 4 members (excludes halogenated alkanes) is 13. The van der Waals surface area contributed by atoms with Crippen molar-refractivity contribution in [1.29, 1.82) is 0 Å². The lowest BCUT2D eigenvalue weighted by Gasteiger charge is -2.04. The van der Waals surface area contributed by atoms with Gasteiger partial charge in [0.15, 0.2) is 25.5 Å². The number of carbonyl (C=O) groups is 1. The average Bonchev–Trinajstić information content (AvgIpc) is 2.75. The van der Waals surface area contributed by atoms with E-state index in [1.54, 1.807) is 6.92 Å². The molecule has 0 aromatic carbocycles. The van der Waals surface area contributed by atoms with Crippen molar-refractivity contribution in [2.24, 2.45) is 0 Å². The first-order valence-corrected chi connectivity index (χ1v) is 12.4. The average molecular weight is 417 g/mol. The maximum absolute atomic E-state index is 11.4. The third-order valence-corrected chi connectivity index (χ3v) is 5.71. The topological polar surface area (TPSA) is 30.2 Å². The van der Waals surface area contributed by atoms with E-state index in [1.165, 1.54) is 95.5 Å². The summed E-state index contributed by atoms with van der Waals surface area (Å²) in [7, 11) is 0. The largest absolute Gasteiger partial charge is 0.456 e. The van der Waals surface area contributed by atoms with Gasteiger partial charge in [0, 0.05) is 17.7 Å². The van der Waals surface area contributed by atoms with Crippen molar-refractivity contribution < 1.29 is 14.1 Å². The van der Waals surface area contributed by atoms with Crippen molar-refractivity contribution in [1.82, 2.24) is 0 Å². The number of rotatable bonds is 19. The zero-order valence-electron chi connectivity index (χ0n) is 19.8. The molecule has 1 aromatic rings. The molecule has 30 heavy (non-hydrogen) atoms. The second-order valence-corrected chi connectivity index (χ2v) is 8.71. The summed E-state index contributed by atoms with van der Waals surface area (Å²) in [6.07, 6.45) is 24.9. The Morgan fingerprint density at radius 2 is 1.30 bits per heavy atom. The summed E-state index contributed by atoms with van der Waals surface area (Å²) in [5.41, 5.74) is 1.84. The van der Waals surface area contributed by atoms with E-state index in [0.717, 1.165) is 6.42 Å². The van der Waals surface area contributed by atoms with Gasteiger partial charge >= 0.3 is 5.97 Å². The maximum Gasteiger partial charge on any atom is 0.333 e. The smallest absolute Gasteiger partial charge is 0.333 e. The van der Waals surface area contributed by atoms with Crippen LogP contribution < -0.4 is 4.57 Å². The van der Waals surface area contributed by atoms with Gasteiger partial charge in [-0.15, -0.1) is 0 Å². The van der Waals surface area contributed by atoms with E-state index < -0.39 is 0 Å². The highest BCUT2D eigenvalue weighted by molar-refractivity contribution is 5.86. The van der Waals surface area contributed by atoms with Gasteiger partial charge in [0.05, 0.1) is 0 Å². The van der Waals surface area contributed by atoms with E-state index in [4.69, 9.17) is 4.74 Å². The van der Waals surface area contributed by atoms with E-state index >= 15 is 0 Å². The molecule has 3 heteroatoms. The van der Waals surface area contributed by atoms with E-state index in [9.17, 15) is 4.79 Å². The Kier molecular flexibility index (Phi) is 16.0. The number of aromatic nitrogens is 1. The molecule has 0 spiro atoms. The molecule has 0 unspecified atom stereocenters. The maximum atomic E-state index is 11.4. The fraction of sp³-hybridized carbons (Fsp3) is 0.704. The number of hydrogen-bond donors (Lipinski definition) is 0. The second-order valence-electron chi connectivity index (χ2n) is 8.71. The van der Waals surface area contributed by atoms with Gasteiger partial charge in [0.1, 0.15) is 0 Å².